The molecule has 0 radical (unpaired) electrons. The predicted molar refractivity (Wildman–Crippen MR) is 104 cm³/mol. The quantitative estimate of drug-likeness (QED) is 0.434. The van der Waals surface area contributed by atoms with E-state index in [1.807, 2.05) is 0 Å². The van der Waals surface area contributed by atoms with Gasteiger partial charge >= 0.3 is 6.09 Å². The molecular weight excluding hydrogens is 396 g/mol. The molecule has 1 amide bonds. The number of anilines is 1. The Morgan fingerprint density at radius 2 is 2.23 bits per heavy atom. The van der Waals surface area contributed by atoms with Gasteiger partial charge in [-0.25, -0.2) is 19.7 Å². The average Bonchev–Trinajstić information content (AvgIpc) is 3.47. The van der Waals surface area contributed by atoms with Crippen molar-refractivity contribution in [3.8, 4) is 0 Å². The number of aromatic nitrogens is 4. The Balaban J connectivity index is 1.48. The molecule has 12 nitrogen and oxygen atoms in total. The summed E-state index contributed by atoms with van der Waals surface area (Å²) < 4.78 is 17.7. The molecule has 12 heteroatoms. The Hall–Kier alpha value is -2.80. The van der Waals surface area contributed by atoms with E-state index in [4.69, 9.17) is 14.2 Å². The van der Waals surface area contributed by atoms with Crippen molar-refractivity contribution in [1.82, 2.24) is 24.8 Å². The Morgan fingerprint density at radius 1 is 1.37 bits per heavy atom. The summed E-state index contributed by atoms with van der Waals surface area (Å²) in [5.74, 6) is 0.557. The molecule has 4 heterocycles. The first-order valence-electron chi connectivity index (χ1n) is 9.63. The van der Waals surface area contributed by atoms with Gasteiger partial charge in [0.1, 0.15) is 31.2 Å². The van der Waals surface area contributed by atoms with Crippen LogP contribution in [0.5, 0.6) is 0 Å². The number of nitrogens with one attached hydrogen (secondary N) is 2. The fraction of sp³-hybridized carbons (Fsp3) is 0.556. The molecule has 4 N–H and O–H groups in total. The molecule has 2 aromatic heterocycles. The zero-order chi connectivity index (χ0) is 21.1. The van der Waals surface area contributed by atoms with Gasteiger partial charge in [-0.2, -0.15) is 0 Å². The van der Waals surface area contributed by atoms with Crippen LogP contribution >= 0.6 is 0 Å². The summed E-state index contributed by atoms with van der Waals surface area (Å²) in [5.41, 5.74) is 0.950. The number of nitrogens with zero attached hydrogens (tertiary/aromatic N) is 4. The van der Waals surface area contributed by atoms with E-state index in [1.54, 1.807) is 0 Å². The molecule has 2 aromatic rings. The number of rotatable bonds is 7. The molecule has 4 rings (SSSR count). The van der Waals surface area contributed by atoms with Gasteiger partial charge in [0.15, 0.2) is 23.2 Å². The van der Waals surface area contributed by atoms with E-state index in [0.717, 1.165) is 6.42 Å². The van der Waals surface area contributed by atoms with Crippen LogP contribution in [0, 0.1) is 0 Å². The van der Waals surface area contributed by atoms with E-state index in [2.05, 4.69) is 32.2 Å². The van der Waals surface area contributed by atoms with Gasteiger partial charge in [-0.05, 0) is 6.42 Å². The number of ether oxygens (including phenoxy) is 3. The van der Waals surface area contributed by atoms with Crippen LogP contribution < -0.4 is 10.6 Å². The van der Waals surface area contributed by atoms with Crippen LogP contribution in [-0.2, 0) is 14.2 Å². The van der Waals surface area contributed by atoms with Crippen molar-refractivity contribution in [3.63, 3.8) is 0 Å². The Morgan fingerprint density at radius 3 is 3.00 bits per heavy atom. The van der Waals surface area contributed by atoms with Crippen molar-refractivity contribution in [1.29, 1.82) is 0 Å². The largest absolute Gasteiger partial charge is 0.447 e. The molecule has 2 saturated heterocycles. The SMILES string of the molecule is C=CCNC(=O)OC[C@H]1OC(n2cnc3c(NC4CCOC4)ncnc32)C(O)[C@@H]1O. The fourth-order valence-electron chi connectivity index (χ4n) is 3.45. The van der Waals surface area contributed by atoms with Gasteiger partial charge in [0.05, 0.1) is 19.0 Å². The molecule has 2 fully saturated rings. The summed E-state index contributed by atoms with van der Waals surface area (Å²) in [6.07, 6.45) is 0.186. The smallest absolute Gasteiger partial charge is 0.407 e. The summed E-state index contributed by atoms with van der Waals surface area (Å²) in [4.78, 5) is 24.4. The van der Waals surface area contributed by atoms with Crippen LogP contribution in [0.3, 0.4) is 0 Å². The van der Waals surface area contributed by atoms with Gasteiger partial charge < -0.3 is 35.1 Å². The summed E-state index contributed by atoms with van der Waals surface area (Å²) in [6.45, 7) is 4.79. The molecule has 2 aliphatic heterocycles. The lowest BCUT2D eigenvalue weighted by molar-refractivity contribution is -0.0532. The lowest BCUT2D eigenvalue weighted by Crippen LogP contribution is -2.36. The lowest BCUT2D eigenvalue weighted by atomic mass is 10.1. The highest BCUT2D eigenvalue weighted by atomic mass is 16.6. The van der Waals surface area contributed by atoms with Crippen molar-refractivity contribution < 1.29 is 29.2 Å². The second kappa shape index (κ2) is 8.92. The third kappa shape index (κ3) is 4.07. The highest BCUT2D eigenvalue weighted by molar-refractivity contribution is 5.82. The van der Waals surface area contributed by atoms with Gasteiger partial charge in [-0.3, -0.25) is 4.57 Å². The number of imidazole rings is 1. The number of aliphatic hydroxyl groups is 2. The van der Waals surface area contributed by atoms with E-state index in [0.29, 0.717) is 30.2 Å². The van der Waals surface area contributed by atoms with E-state index < -0.39 is 30.6 Å². The minimum Gasteiger partial charge on any atom is -0.447 e. The van der Waals surface area contributed by atoms with Crippen molar-refractivity contribution in [2.24, 2.45) is 0 Å². The number of alkyl carbamates (subject to hydrolysis) is 1. The van der Waals surface area contributed by atoms with Gasteiger partial charge in [-0.1, -0.05) is 6.08 Å². The zero-order valence-electron chi connectivity index (χ0n) is 16.2. The molecule has 3 unspecified atom stereocenters. The van der Waals surface area contributed by atoms with E-state index in [-0.39, 0.29) is 19.2 Å². The van der Waals surface area contributed by atoms with E-state index >= 15 is 0 Å². The average molecular weight is 420 g/mol. The number of fused-ring (bicyclic) bond motifs is 1. The van der Waals surface area contributed by atoms with Gasteiger partial charge in [0, 0.05) is 13.2 Å². The number of carbonyl (C=O) groups is 1. The Labute approximate surface area is 171 Å². The van der Waals surface area contributed by atoms with Crippen molar-refractivity contribution in [3.05, 3.63) is 25.3 Å². The predicted octanol–water partition coefficient (Wildman–Crippen LogP) is -0.441. The summed E-state index contributed by atoms with van der Waals surface area (Å²) in [6, 6.07) is 0.136. The first-order valence-corrected chi connectivity index (χ1v) is 9.63. The standard InChI is InChI=1S/C18H24N6O6/c1-2-4-19-18(27)29-7-11-13(25)14(26)17(30-11)24-9-22-12-15(20-8-21-16(12)24)23-10-3-5-28-6-10/h2,8-11,13-14,17,25-26H,1,3-7H2,(H,19,27)(H,20,21,23)/t10?,11-,13-,14?,17?/m1/s1. The molecule has 162 valence electrons. The normalized spacial score (nSPS) is 28.5. The lowest BCUT2D eigenvalue weighted by Gasteiger charge is -2.17. The fourth-order valence-corrected chi connectivity index (χ4v) is 3.45. The number of aliphatic hydroxyl groups excluding tert-OH is 2. The molecule has 0 aliphatic carbocycles. The van der Waals surface area contributed by atoms with Crippen LogP contribution in [0.1, 0.15) is 12.6 Å². The molecule has 0 bridgehead atoms. The van der Waals surface area contributed by atoms with Gasteiger partial charge in [0.25, 0.3) is 0 Å². The minimum atomic E-state index is -1.26. The zero-order valence-corrected chi connectivity index (χ0v) is 16.2. The molecule has 30 heavy (non-hydrogen) atoms. The van der Waals surface area contributed by atoms with Crippen molar-refractivity contribution >= 4 is 23.1 Å². The molecule has 0 spiro atoms. The number of carbonyl (C=O) groups excluding carboxylic acids is 1. The maximum Gasteiger partial charge on any atom is 0.407 e. The van der Waals surface area contributed by atoms with Crippen LogP contribution in [0.15, 0.2) is 25.3 Å². The number of amides is 1. The van der Waals surface area contributed by atoms with Crippen LogP contribution in [0.25, 0.3) is 11.2 Å². The maximum atomic E-state index is 11.6. The van der Waals surface area contributed by atoms with Crippen LogP contribution in [0.4, 0.5) is 10.6 Å². The third-order valence-electron chi connectivity index (χ3n) is 5.01. The van der Waals surface area contributed by atoms with Crippen molar-refractivity contribution in [2.75, 3.05) is 31.7 Å². The van der Waals surface area contributed by atoms with Crippen LogP contribution in [0.2, 0.25) is 0 Å². The van der Waals surface area contributed by atoms with E-state index in [9.17, 15) is 15.0 Å². The number of hydrogen-bond acceptors (Lipinski definition) is 10. The molecule has 0 aromatic carbocycles. The van der Waals surface area contributed by atoms with Crippen molar-refractivity contribution in [2.45, 2.75) is 37.0 Å². The first kappa shape index (κ1) is 20.5. The Kier molecular flexibility index (Phi) is 6.08. The second-order valence-corrected chi connectivity index (χ2v) is 7.07. The summed E-state index contributed by atoms with van der Waals surface area (Å²) >= 11 is 0. The topological polar surface area (TPSA) is 153 Å². The first-order chi connectivity index (χ1) is 14.6. The number of hydrogen-bond donors (Lipinski definition) is 4. The van der Waals surface area contributed by atoms with Crippen LogP contribution in [-0.4, -0.2) is 86.5 Å². The minimum absolute atomic E-state index is 0.136. The maximum absolute atomic E-state index is 11.6. The molecular formula is C18H24N6O6. The molecule has 5 atom stereocenters. The molecule has 0 saturated carbocycles. The third-order valence-corrected chi connectivity index (χ3v) is 5.01. The highest BCUT2D eigenvalue weighted by Gasteiger charge is 2.45. The summed E-state index contributed by atoms with van der Waals surface area (Å²) in [5, 5.41) is 26.6. The second-order valence-electron chi connectivity index (χ2n) is 7.07. The van der Waals surface area contributed by atoms with E-state index in [1.165, 1.54) is 23.3 Å². The molecule has 2 aliphatic rings. The van der Waals surface area contributed by atoms with Gasteiger partial charge in [-0.15, -0.1) is 6.58 Å². The Bertz CT molecular complexity index is 900. The van der Waals surface area contributed by atoms with Gasteiger partial charge in [0.2, 0.25) is 0 Å². The highest BCUT2D eigenvalue weighted by Crippen LogP contribution is 2.32. The summed E-state index contributed by atoms with van der Waals surface area (Å²) in [7, 11) is 0. The monoisotopic (exact) mass is 420 g/mol.